The molecule has 0 saturated carbocycles. The third-order valence-electron chi connectivity index (χ3n) is 4.73. The second-order valence-electron chi connectivity index (χ2n) is 6.47. The van der Waals surface area contributed by atoms with Gasteiger partial charge in [0.2, 0.25) is 0 Å². The zero-order valence-corrected chi connectivity index (χ0v) is 15.5. The quantitative estimate of drug-likeness (QED) is 0.674. The zero-order valence-electron chi connectivity index (χ0n) is 14.7. The Kier molecular flexibility index (Phi) is 4.63. The summed E-state index contributed by atoms with van der Waals surface area (Å²) in [4.78, 5) is 10.8. The summed E-state index contributed by atoms with van der Waals surface area (Å²) in [5.74, 6) is 1.15. The van der Waals surface area contributed by atoms with Crippen LogP contribution in [0.3, 0.4) is 0 Å². The average Bonchev–Trinajstić information content (AvgIpc) is 3.11. The molecule has 0 atom stereocenters. The summed E-state index contributed by atoms with van der Waals surface area (Å²) in [6.07, 6.45) is 3.94. The minimum Gasteiger partial charge on any atom is -0.354 e. The van der Waals surface area contributed by atoms with E-state index in [4.69, 9.17) is 0 Å². The van der Waals surface area contributed by atoms with Gasteiger partial charge in [-0.2, -0.15) is 9.61 Å². The van der Waals surface area contributed by atoms with Gasteiger partial charge in [-0.15, -0.1) is 11.8 Å². The highest BCUT2D eigenvalue weighted by Gasteiger charge is 2.20. The van der Waals surface area contributed by atoms with E-state index in [1.165, 1.54) is 10.5 Å². The maximum atomic E-state index is 4.54. The smallest absolute Gasteiger partial charge is 0.157 e. The fourth-order valence-corrected chi connectivity index (χ4v) is 3.78. The van der Waals surface area contributed by atoms with Gasteiger partial charge in [0.15, 0.2) is 5.65 Å². The van der Waals surface area contributed by atoms with Crippen LogP contribution in [0.2, 0.25) is 0 Å². The van der Waals surface area contributed by atoms with Gasteiger partial charge in [-0.05, 0) is 30.9 Å². The molecule has 2 aromatic heterocycles. The van der Waals surface area contributed by atoms with E-state index in [-0.39, 0.29) is 0 Å². The average molecular weight is 353 g/mol. The molecule has 3 aromatic rings. The van der Waals surface area contributed by atoms with Crippen LogP contribution in [-0.2, 0) is 6.54 Å². The Morgan fingerprint density at radius 3 is 2.52 bits per heavy atom. The first-order valence-electron chi connectivity index (χ1n) is 8.64. The Labute approximate surface area is 152 Å². The van der Waals surface area contributed by atoms with Crippen LogP contribution in [0.5, 0.6) is 0 Å². The van der Waals surface area contributed by atoms with Crippen LogP contribution < -0.4 is 4.90 Å². The Balaban J connectivity index is 1.43. The summed E-state index contributed by atoms with van der Waals surface area (Å²) < 4.78 is 1.95. The van der Waals surface area contributed by atoms with Gasteiger partial charge in [0.1, 0.15) is 5.82 Å². The molecule has 1 aromatic carbocycles. The van der Waals surface area contributed by atoms with Gasteiger partial charge in [0.05, 0.1) is 6.20 Å². The Hall–Kier alpha value is -2.05. The molecular formula is C19H23N5S. The molecule has 0 spiro atoms. The largest absolute Gasteiger partial charge is 0.354 e. The summed E-state index contributed by atoms with van der Waals surface area (Å²) in [5, 5.41) is 4.43. The third kappa shape index (κ3) is 3.50. The molecule has 6 heteroatoms. The van der Waals surface area contributed by atoms with Crippen molar-refractivity contribution in [1.82, 2.24) is 19.5 Å². The van der Waals surface area contributed by atoms with Gasteiger partial charge in [-0.3, -0.25) is 4.90 Å². The predicted octanol–water partition coefficient (Wildman–Crippen LogP) is 3.08. The van der Waals surface area contributed by atoms with E-state index in [0.29, 0.717) is 0 Å². The van der Waals surface area contributed by atoms with Crippen molar-refractivity contribution in [2.24, 2.45) is 0 Å². The van der Waals surface area contributed by atoms with Crippen molar-refractivity contribution in [2.75, 3.05) is 37.3 Å². The Morgan fingerprint density at radius 2 is 1.80 bits per heavy atom. The van der Waals surface area contributed by atoms with Crippen molar-refractivity contribution in [3.05, 3.63) is 53.9 Å². The van der Waals surface area contributed by atoms with Crippen molar-refractivity contribution in [3.63, 3.8) is 0 Å². The van der Waals surface area contributed by atoms with Gasteiger partial charge in [-0.25, -0.2) is 4.98 Å². The minimum absolute atomic E-state index is 0.923. The number of nitrogens with zero attached hydrogens (tertiary/aromatic N) is 5. The first-order chi connectivity index (χ1) is 12.2. The molecule has 0 radical (unpaired) electrons. The van der Waals surface area contributed by atoms with E-state index >= 15 is 0 Å². The van der Waals surface area contributed by atoms with Crippen molar-refractivity contribution in [3.8, 4) is 0 Å². The van der Waals surface area contributed by atoms with Crippen LogP contribution in [0, 0.1) is 6.92 Å². The molecular weight excluding hydrogens is 330 g/mol. The number of fused-ring (bicyclic) bond motifs is 1. The minimum atomic E-state index is 0.923. The second kappa shape index (κ2) is 7.06. The molecule has 4 rings (SSSR count). The van der Waals surface area contributed by atoms with Crippen molar-refractivity contribution in [2.45, 2.75) is 18.4 Å². The van der Waals surface area contributed by atoms with E-state index in [1.807, 2.05) is 23.7 Å². The highest BCUT2D eigenvalue weighted by Crippen LogP contribution is 2.20. The highest BCUT2D eigenvalue weighted by atomic mass is 32.2. The van der Waals surface area contributed by atoms with Gasteiger partial charge in [-0.1, -0.05) is 12.1 Å². The molecule has 1 aliphatic heterocycles. The number of hydrogen-bond donors (Lipinski definition) is 0. The molecule has 0 unspecified atom stereocenters. The van der Waals surface area contributed by atoms with E-state index in [2.05, 4.69) is 56.5 Å². The van der Waals surface area contributed by atoms with Crippen LogP contribution in [0.25, 0.3) is 5.65 Å². The molecule has 1 aliphatic rings. The molecule has 1 saturated heterocycles. The Bertz CT molecular complexity index is 850. The fraction of sp³-hybridized carbons (Fsp3) is 0.368. The molecule has 0 bridgehead atoms. The highest BCUT2D eigenvalue weighted by molar-refractivity contribution is 7.98. The van der Waals surface area contributed by atoms with Gasteiger partial charge < -0.3 is 4.90 Å². The van der Waals surface area contributed by atoms with Crippen LogP contribution in [0.15, 0.2) is 47.5 Å². The summed E-state index contributed by atoms with van der Waals surface area (Å²) in [6.45, 7) is 7.23. The van der Waals surface area contributed by atoms with Crippen LogP contribution in [0.1, 0.15) is 11.3 Å². The normalized spacial score (nSPS) is 15.8. The first-order valence-corrected chi connectivity index (χ1v) is 9.87. The summed E-state index contributed by atoms with van der Waals surface area (Å²) in [6, 6.07) is 13.0. The van der Waals surface area contributed by atoms with E-state index in [9.17, 15) is 0 Å². The molecule has 0 aliphatic carbocycles. The van der Waals surface area contributed by atoms with Crippen molar-refractivity contribution in [1.29, 1.82) is 0 Å². The predicted molar refractivity (Wildman–Crippen MR) is 103 cm³/mol. The maximum Gasteiger partial charge on any atom is 0.157 e. The van der Waals surface area contributed by atoms with Crippen molar-refractivity contribution < 1.29 is 0 Å². The Morgan fingerprint density at radius 1 is 1.04 bits per heavy atom. The van der Waals surface area contributed by atoms with E-state index < -0.39 is 0 Å². The van der Waals surface area contributed by atoms with Crippen molar-refractivity contribution >= 4 is 23.2 Å². The number of rotatable bonds is 4. The lowest BCUT2D eigenvalue weighted by molar-refractivity contribution is 0.249. The number of piperazine rings is 1. The number of thioether (sulfide) groups is 1. The van der Waals surface area contributed by atoms with Crippen LogP contribution >= 0.6 is 11.8 Å². The monoisotopic (exact) mass is 353 g/mol. The van der Waals surface area contributed by atoms with E-state index in [0.717, 1.165) is 49.9 Å². The molecule has 130 valence electrons. The molecule has 3 heterocycles. The lowest BCUT2D eigenvalue weighted by Crippen LogP contribution is -2.46. The number of benzene rings is 1. The molecule has 25 heavy (non-hydrogen) atoms. The van der Waals surface area contributed by atoms with Crippen LogP contribution in [-0.4, -0.2) is 51.9 Å². The lowest BCUT2D eigenvalue weighted by atomic mass is 10.2. The zero-order chi connectivity index (χ0) is 17.2. The fourth-order valence-electron chi connectivity index (χ4n) is 3.37. The number of aromatic nitrogens is 3. The van der Waals surface area contributed by atoms with Gasteiger partial charge >= 0.3 is 0 Å². The standard InChI is InChI=1S/C19H23N5S/c1-15-13-19(24-18(21-15)7-8-20-24)23-11-9-22(10-12-23)14-16-3-5-17(25-2)6-4-16/h3-8,13H,9-12,14H2,1-2H3. The second-order valence-corrected chi connectivity index (χ2v) is 7.35. The molecule has 0 amide bonds. The number of aryl methyl sites for hydroxylation is 1. The maximum absolute atomic E-state index is 4.54. The summed E-state index contributed by atoms with van der Waals surface area (Å²) >= 11 is 1.79. The van der Waals surface area contributed by atoms with Gasteiger partial charge in [0.25, 0.3) is 0 Å². The number of anilines is 1. The summed E-state index contributed by atoms with van der Waals surface area (Å²) in [5.41, 5.74) is 3.35. The SMILES string of the molecule is CSc1ccc(CN2CCN(c3cc(C)nc4ccnn34)CC2)cc1. The molecule has 0 N–H and O–H groups in total. The lowest BCUT2D eigenvalue weighted by Gasteiger charge is -2.36. The molecule has 5 nitrogen and oxygen atoms in total. The topological polar surface area (TPSA) is 36.7 Å². The van der Waals surface area contributed by atoms with Gasteiger partial charge in [0, 0.05) is 55.4 Å². The first kappa shape index (κ1) is 16.4. The third-order valence-corrected chi connectivity index (χ3v) is 5.47. The van der Waals surface area contributed by atoms with Crippen LogP contribution in [0.4, 0.5) is 5.82 Å². The van der Waals surface area contributed by atoms with E-state index in [1.54, 1.807) is 11.8 Å². The molecule has 1 fully saturated rings. The number of hydrogen-bond acceptors (Lipinski definition) is 5. The summed E-state index contributed by atoms with van der Waals surface area (Å²) in [7, 11) is 0.